The molecule has 1 aliphatic rings. The van der Waals surface area contributed by atoms with Crippen LogP contribution in [0.5, 0.6) is 5.75 Å². The van der Waals surface area contributed by atoms with Crippen molar-refractivity contribution in [3.05, 3.63) is 112 Å². The van der Waals surface area contributed by atoms with Crippen LogP contribution in [-0.2, 0) is 6.54 Å². The smallest absolute Gasteiger partial charge is 0.253 e. The molecule has 0 bridgehead atoms. The Labute approximate surface area is 243 Å². The van der Waals surface area contributed by atoms with Crippen LogP contribution in [0.25, 0.3) is 11.1 Å². The minimum absolute atomic E-state index is 0.0167. The first-order chi connectivity index (χ1) is 19.3. The Morgan fingerprint density at radius 2 is 1.70 bits per heavy atom. The van der Waals surface area contributed by atoms with Gasteiger partial charge in [-0.15, -0.1) is 0 Å². The molecule has 1 unspecified atom stereocenters. The van der Waals surface area contributed by atoms with Crippen molar-refractivity contribution >= 4 is 34.9 Å². The Bertz CT molecular complexity index is 1490. The van der Waals surface area contributed by atoms with Gasteiger partial charge in [0.1, 0.15) is 11.9 Å². The van der Waals surface area contributed by atoms with E-state index in [-0.39, 0.29) is 16.7 Å². The van der Waals surface area contributed by atoms with Gasteiger partial charge in [0.15, 0.2) is 11.6 Å². The van der Waals surface area contributed by atoms with Gasteiger partial charge in [-0.1, -0.05) is 65.7 Å². The molecule has 1 fully saturated rings. The third-order valence-electron chi connectivity index (χ3n) is 7.05. The number of ether oxygens (including phenoxy) is 1. The van der Waals surface area contributed by atoms with Crippen LogP contribution in [0.15, 0.2) is 79.0 Å². The van der Waals surface area contributed by atoms with E-state index in [0.717, 1.165) is 30.8 Å². The summed E-state index contributed by atoms with van der Waals surface area (Å²) in [5.41, 5.74) is 9.90. The molecule has 1 amide bonds. The van der Waals surface area contributed by atoms with E-state index in [4.69, 9.17) is 33.7 Å². The number of benzene rings is 3. The Kier molecular flexibility index (Phi) is 8.54. The van der Waals surface area contributed by atoms with Crippen LogP contribution in [0.4, 0.5) is 10.2 Å². The third kappa shape index (κ3) is 6.22. The van der Waals surface area contributed by atoms with Crippen molar-refractivity contribution in [2.75, 3.05) is 31.9 Å². The fraction of sp³-hybridized carbons (Fsp3) is 0.226. The number of piperazine rings is 1. The van der Waals surface area contributed by atoms with Gasteiger partial charge in [-0.3, -0.25) is 9.69 Å². The van der Waals surface area contributed by atoms with E-state index < -0.39 is 11.9 Å². The highest BCUT2D eigenvalue weighted by molar-refractivity contribution is 6.36. The summed E-state index contributed by atoms with van der Waals surface area (Å²) in [6.07, 6.45) is 0.959. The normalized spacial score (nSPS) is 14.7. The molecule has 206 valence electrons. The molecule has 0 saturated carbocycles. The molecular formula is C31H29Cl2FN4O2. The van der Waals surface area contributed by atoms with Crippen LogP contribution < -0.4 is 10.5 Å². The standard InChI is InChI=1S/C31H29Cl2FN4O2/c1-20(28-25(32)11-12-26(34)29(28)33)40-27-17-24(18-36-30(27)35)22-7-9-23(10-8-22)31(39)38-15-13-37(14-16-38)19-21-5-3-2-4-6-21/h2-12,17-18,20H,13-16,19H2,1H3,(H2,35,36). The average Bonchev–Trinajstić information content (AvgIpc) is 2.97. The van der Waals surface area contributed by atoms with Gasteiger partial charge in [0.2, 0.25) is 0 Å². The molecule has 2 heterocycles. The predicted octanol–water partition coefficient (Wildman–Crippen LogP) is 6.87. The summed E-state index contributed by atoms with van der Waals surface area (Å²) in [5.74, 6) is -0.0736. The van der Waals surface area contributed by atoms with E-state index in [1.165, 1.54) is 17.7 Å². The number of pyridine rings is 1. The molecule has 40 heavy (non-hydrogen) atoms. The molecule has 2 N–H and O–H groups in total. The number of carbonyl (C=O) groups is 1. The molecule has 5 rings (SSSR count). The minimum Gasteiger partial charge on any atom is -0.482 e. The lowest BCUT2D eigenvalue weighted by Gasteiger charge is -2.34. The number of carbonyl (C=O) groups excluding carboxylic acids is 1. The second-order valence-electron chi connectivity index (χ2n) is 9.76. The minimum atomic E-state index is -0.678. The number of nitrogens with zero attached hydrogens (tertiary/aromatic N) is 3. The largest absolute Gasteiger partial charge is 0.482 e. The van der Waals surface area contributed by atoms with Crippen molar-refractivity contribution in [2.24, 2.45) is 0 Å². The van der Waals surface area contributed by atoms with Crippen LogP contribution in [0, 0.1) is 5.82 Å². The molecule has 0 radical (unpaired) electrons. The van der Waals surface area contributed by atoms with Crippen molar-refractivity contribution in [3.63, 3.8) is 0 Å². The molecule has 0 spiro atoms. The monoisotopic (exact) mass is 578 g/mol. The average molecular weight is 580 g/mol. The van der Waals surface area contributed by atoms with Crippen LogP contribution in [0.2, 0.25) is 10.0 Å². The number of rotatable bonds is 7. The van der Waals surface area contributed by atoms with E-state index in [2.05, 4.69) is 22.0 Å². The van der Waals surface area contributed by atoms with Crippen molar-refractivity contribution in [2.45, 2.75) is 19.6 Å². The van der Waals surface area contributed by atoms with Crippen LogP contribution >= 0.6 is 23.2 Å². The van der Waals surface area contributed by atoms with Gasteiger partial charge in [0.25, 0.3) is 5.91 Å². The number of anilines is 1. The maximum absolute atomic E-state index is 14.0. The van der Waals surface area contributed by atoms with Gasteiger partial charge in [-0.05, 0) is 48.4 Å². The Balaban J connectivity index is 1.24. The summed E-state index contributed by atoms with van der Waals surface area (Å²) < 4.78 is 20.0. The molecule has 1 aliphatic heterocycles. The molecular weight excluding hydrogens is 550 g/mol. The fourth-order valence-electron chi connectivity index (χ4n) is 4.81. The summed E-state index contributed by atoms with van der Waals surface area (Å²) >= 11 is 12.4. The third-order valence-corrected chi connectivity index (χ3v) is 7.76. The number of aromatic nitrogens is 1. The summed E-state index contributed by atoms with van der Waals surface area (Å²) in [4.78, 5) is 21.7. The van der Waals surface area contributed by atoms with Crippen molar-refractivity contribution in [3.8, 4) is 16.9 Å². The van der Waals surface area contributed by atoms with Crippen LogP contribution in [-0.4, -0.2) is 46.9 Å². The topological polar surface area (TPSA) is 71.7 Å². The lowest BCUT2D eigenvalue weighted by atomic mass is 10.0. The zero-order chi connectivity index (χ0) is 28.2. The Hall–Kier alpha value is -3.65. The van der Waals surface area contributed by atoms with E-state index in [1.54, 1.807) is 19.2 Å². The zero-order valence-electron chi connectivity index (χ0n) is 22.0. The van der Waals surface area contributed by atoms with Crippen molar-refractivity contribution in [1.29, 1.82) is 0 Å². The van der Waals surface area contributed by atoms with Gasteiger partial charge >= 0.3 is 0 Å². The summed E-state index contributed by atoms with van der Waals surface area (Å²) in [6.45, 7) is 5.65. The van der Waals surface area contributed by atoms with Crippen LogP contribution in [0.3, 0.4) is 0 Å². The molecule has 1 saturated heterocycles. The molecule has 6 nitrogen and oxygen atoms in total. The molecule has 0 aliphatic carbocycles. The molecule has 4 aromatic rings. The summed E-state index contributed by atoms with van der Waals surface area (Å²) in [5, 5.41) is 0.194. The number of nitrogens with two attached hydrogens (primary N) is 1. The second kappa shape index (κ2) is 12.3. The number of hydrogen-bond donors (Lipinski definition) is 1. The van der Waals surface area contributed by atoms with Gasteiger partial charge in [0, 0.05) is 60.6 Å². The fourth-order valence-corrected chi connectivity index (χ4v) is 5.49. The van der Waals surface area contributed by atoms with Gasteiger partial charge < -0.3 is 15.4 Å². The Morgan fingerprint density at radius 3 is 2.40 bits per heavy atom. The maximum atomic E-state index is 14.0. The number of halogens is 3. The SMILES string of the molecule is CC(Oc1cc(-c2ccc(C(=O)N3CCN(Cc4ccccc4)CC3)cc2)cnc1N)c1c(Cl)ccc(F)c1Cl. The molecule has 1 atom stereocenters. The first-order valence-corrected chi connectivity index (χ1v) is 13.8. The zero-order valence-corrected chi connectivity index (χ0v) is 23.5. The van der Waals surface area contributed by atoms with Crippen molar-refractivity contribution in [1.82, 2.24) is 14.8 Å². The highest BCUT2D eigenvalue weighted by atomic mass is 35.5. The van der Waals surface area contributed by atoms with Gasteiger partial charge in [-0.25, -0.2) is 9.37 Å². The summed E-state index contributed by atoms with van der Waals surface area (Å²) in [7, 11) is 0. The number of nitrogen functional groups attached to an aromatic ring is 1. The Morgan fingerprint density at radius 1 is 1.00 bits per heavy atom. The lowest BCUT2D eigenvalue weighted by Crippen LogP contribution is -2.48. The summed E-state index contributed by atoms with van der Waals surface area (Å²) in [6, 6.07) is 22.1. The van der Waals surface area contributed by atoms with E-state index in [1.807, 2.05) is 47.4 Å². The van der Waals surface area contributed by atoms with E-state index >= 15 is 0 Å². The molecule has 1 aromatic heterocycles. The van der Waals surface area contributed by atoms with Gasteiger partial charge in [0.05, 0.1) is 5.02 Å². The first kappa shape index (κ1) is 27.9. The second-order valence-corrected chi connectivity index (χ2v) is 10.5. The number of amides is 1. The highest BCUT2D eigenvalue weighted by Gasteiger charge is 2.23. The lowest BCUT2D eigenvalue weighted by molar-refractivity contribution is 0.0628. The first-order valence-electron chi connectivity index (χ1n) is 13.0. The maximum Gasteiger partial charge on any atom is 0.253 e. The number of hydrogen-bond acceptors (Lipinski definition) is 5. The molecule has 9 heteroatoms. The van der Waals surface area contributed by atoms with Gasteiger partial charge in [-0.2, -0.15) is 0 Å². The van der Waals surface area contributed by atoms with Crippen molar-refractivity contribution < 1.29 is 13.9 Å². The van der Waals surface area contributed by atoms with E-state index in [9.17, 15) is 9.18 Å². The van der Waals surface area contributed by atoms with Crippen LogP contribution in [0.1, 0.15) is 34.5 Å². The highest BCUT2D eigenvalue weighted by Crippen LogP contribution is 2.37. The predicted molar refractivity (Wildman–Crippen MR) is 157 cm³/mol. The molecule has 3 aromatic carbocycles. The van der Waals surface area contributed by atoms with E-state index in [0.29, 0.717) is 35.0 Å². The quantitative estimate of drug-likeness (QED) is 0.242.